The zero-order valence-corrected chi connectivity index (χ0v) is 17.7. The summed E-state index contributed by atoms with van der Waals surface area (Å²) in [6.07, 6.45) is 2.20. The van der Waals surface area contributed by atoms with Gasteiger partial charge in [-0.3, -0.25) is 0 Å². The van der Waals surface area contributed by atoms with Crippen LogP contribution in [-0.2, 0) is 4.28 Å². The molecule has 1 heterocycles. The van der Waals surface area contributed by atoms with Crippen LogP contribution in [0.2, 0.25) is 0 Å². The Balaban J connectivity index is 1.80. The van der Waals surface area contributed by atoms with Crippen LogP contribution in [0, 0.1) is 6.92 Å². The Hall–Kier alpha value is -3.10. The predicted molar refractivity (Wildman–Crippen MR) is 131 cm³/mol. The first-order chi connectivity index (χ1) is 14.7. The molecule has 148 valence electrons. The first kappa shape index (κ1) is 18.9. The van der Waals surface area contributed by atoms with Gasteiger partial charge in [-0.1, -0.05) is 102 Å². The topological polar surface area (TPSA) is 2.70 Å². The van der Waals surface area contributed by atoms with E-state index in [0.29, 0.717) is 0 Å². The first-order valence-corrected chi connectivity index (χ1v) is 10.8. The van der Waals surface area contributed by atoms with Crippen LogP contribution in [0.3, 0.4) is 0 Å². The number of hydrogen-bond donors (Lipinski definition) is 0. The molecule has 0 radical (unpaired) electrons. The highest BCUT2D eigenvalue weighted by Crippen LogP contribution is 2.35. The lowest BCUT2D eigenvalue weighted by molar-refractivity contribution is 0.0566. The van der Waals surface area contributed by atoms with Gasteiger partial charge in [0.2, 0.25) is 0 Å². The Morgan fingerprint density at radius 2 is 1.37 bits per heavy atom. The zero-order chi connectivity index (χ0) is 20.6. The Labute approximate surface area is 179 Å². The molecule has 0 aliphatic carbocycles. The molecule has 4 aromatic carbocycles. The fourth-order valence-electron chi connectivity index (χ4n) is 5.26. The van der Waals surface area contributed by atoms with E-state index in [4.69, 9.17) is 0 Å². The average molecular weight is 390 g/mol. The highest BCUT2D eigenvalue weighted by atomic mass is 16.6. The van der Waals surface area contributed by atoms with Gasteiger partial charge in [0.25, 0.3) is 0 Å². The maximum atomic E-state index is 3.60. The van der Waals surface area contributed by atoms with Crippen LogP contribution in [0.25, 0.3) is 16.2 Å². The second kappa shape index (κ2) is 7.62. The van der Waals surface area contributed by atoms with Gasteiger partial charge >= 0.3 is 6.35 Å². The van der Waals surface area contributed by atoms with E-state index in [1.165, 1.54) is 38.3 Å². The maximum Gasteiger partial charge on any atom is 0.376 e. The van der Waals surface area contributed by atoms with E-state index >= 15 is 0 Å². The molecule has 30 heavy (non-hydrogen) atoms. The summed E-state index contributed by atoms with van der Waals surface area (Å²) in [6.45, 7) is 3.13. The molecule has 1 aliphatic rings. The lowest BCUT2D eigenvalue weighted by Gasteiger charge is -2.50. The van der Waals surface area contributed by atoms with Gasteiger partial charge in [0.05, 0.1) is 7.11 Å². The highest BCUT2D eigenvalue weighted by Gasteiger charge is 2.47. The first-order valence-electron chi connectivity index (χ1n) is 10.8. The van der Waals surface area contributed by atoms with Gasteiger partial charge in [-0.25, -0.2) is 0 Å². The van der Waals surface area contributed by atoms with Gasteiger partial charge in [-0.05, 0) is 23.8 Å². The summed E-state index contributed by atoms with van der Waals surface area (Å²) in [7, 11) is 2.21. The van der Waals surface area contributed by atoms with Gasteiger partial charge in [-0.15, -0.1) is 22.5 Å². The summed E-state index contributed by atoms with van der Waals surface area (Å²) in [4.78, 5) is 0. The Morgan fingerprint density at radius 3 is 2.13 bits per heavy atom. The summed E-state index contributed by atoms with van der Waals surface area (Å²) in [6, 6.07) is 35.6. The molecule has 5 rings (SSSR count). The monoisotopic (exact) mass is 390 g/mol. The number of benzene rings is 4. The van der Waals surface area contributed by atoms with Gasteiger partial charge < -0.3 is 4.28 Å². The smallest absolute Gasteiger partial charge is 0.376 e. The molecule has 4 aromatic rings. The zero-order valence-electron chi connectivity index (χ0n) is 17.7. The van der Waals surface area contributed by atoms with Crippen LogP contribution >= 0.6 is 0 Å². The van der Waals surface area contributed by atoms with Crippen LogP contribution in [0.5, 0.6) is 0 Å². The van der Waals surface area contributed by atoms with Crippen molar-refractivity contribution in [3.63, 3.8) is 0 Å². The fourth-order valence-corrected chi connectivity index (χ4v) is 5.26. The molecular weight excluding hydrogens is 363 g/mol. The second-order valence-electron chi connectivity index (χ2n) is 8.51. The average Bonchev–Trinajstić information content (AvgIpc) is 2.80. The molecule has 0 bridgehead atoms. The molecule has 0 saturated carbocycles. The molecule has 1 unspecified atom stereocenters. The van der Waals surface area contributed by atoms with Gasteiger partial charge in [0, 0.05) is 6.42 Å². The second-order valence-corrected chi connectivity index (χ2v) is 8.51. The number of rotatable bonds is 3. The predicted octanol–water partition coefficient (Wildman–Crippen LogP) is 5.42. The summed E-state index contributed by atoms with van der Waals surface area (Å²) < 4.78 is 3.60. The van der Waals surface area contributed by atoms with Gasteiger partial charge in [0.1, 0.15) is 6.61 Å². The van der Waals surface area contributed by atoms with Crippen LogP contribution in [-0.4, -0.2) is 20.1 Å². The van der Waals surface area contributed by atoms with E-state index < -0.39 is 6.35 Å². The molecule has 0 saturated heterocycles. The van der Waals surface area contributed by atoms with Crippen molar-refractivity contribution in [1.29, 1.82) is 0 Å². The molecule has 1 atom stereocenters. The number of fused-ring (bicyclic) bond motifs is 1. The fraction of sp³-hybridized carbons (Fsp3) is 0.143. The Bertz CT molecular complexity index is 1210. The van der Waals surface area contributed by atoms with Crippen LogP contribution < -0.4 is 10.9 Å². The number of aryl methyl sites for hydroxylation is 1. The van der Waals surface area contributed by atoms with Crippen molar-refractivity contribution in [2.45, 2.75) is 13.3 Å². The third-order valence-electron chi connectivity index (χ3n) is 6.74. The van der Waals surface area contributed by atoms with E-state index in [9.17, 15) is 0 Å². The van der Waals surface area contributed by atoms with E-state index in [2.05, 4.69) is 121 Å². The van der Waals surface area contributed by atoms with Crippen LogP contribution in [0.1, 0.15) is 17.5 Å². The van der Waals surface area contributed by atoms with Crippen molar-refractivity contribution in [3.8, 4) is 0 Å². The number of hydrogen-bond acceptors (Lipinski definition) is 0. The molecule has 2 heteroatoms. The summed E-state index contributed by atoms with van der Waals surface area (Å²) in [5.41, 5.74) is 6.68. The minimum absolute atomic E-state index is 0.972. The Kier molecular flexibility index (Phi) is 4.80. The van der Waals surface area contributed by atoms with E-state index in [-0.39, 0.29) is 0 Å². The molecule has 1 aliphatic heterocycles. The highest BCUT2D eigenvalue weighted by molar-refractivity contribution is 7.11. The van der Waals surface area contributed by atoms with Crippen molar-refractivity contribution in [2.75, 3.05) is 13.7 Å². The summed E-state index contributed by atoms with van der Waals surface area (Å²) in [5.74, 6) is 0. The van der Waals surface area contributed by atoms with Crippen molar-refractivity contribution < 1.29 is 4.28 Å². The molecule has 0 amide bonds. The van der Waals surface area contributed by atoms with Crippen LogP contribution in [0.15, 0.2) is 103 Å². The summed E-state index contributed by atoms with van der Waals surface area (Å²) in [5, 5.41) is 2.57. The Morgan fingerprint density at radius 1 is 0.700 bits per heavy atom. The van der Waals surface area contributed by atoms with Crippen molar-refractivity contribution >= 4 is 33.5 Å². The minimum Gasteiger partial charge on any atom is -0.662 e. The molecule has 0 aromatic heterocycles. The molecule has 1 nitrogen and oxygen atoms in total. The molecule has 0 N–H and O–H groups in total. The SMILES string of the molecule is Cc1ccc([B-]2(c3ccccc3)C(c3ccc4ccccc4c3)=CCC[O+]2C)cc1. The molecule has 0 fully saturated rings. The van der Waals surface area contributed by atoms with E-state index in [1.807, 2.05) is 0 Å². The van der Waals surface area contributed by atoms with Crippen LogP contribution in [0.4, 0.5) is 0 Å². The molecular formula is C28H27BO. The van der Waals surface area contributed by atoms with Crippen molar-refractivity contribution in [1.82, 2.24) is 0 Å². The van der Waals surface area contributed by atoms with E-state index in [0.717, 1.165) is 13.0 Å². The lowest BCUT2D eigenvalue weighted by atomic mass is 9.26. The lowest BCUT2D eigenvalue weighted by Crippen LogP contribution is -2.67. The molecule has 0 spiro atoms. The standard InChI is InChI=1S/C28H27BO/c1-22-14-18-27(19-15-22)29(26-11-4-3-5-12-26)28(13-8-20-30(29)2)25-17-16-23-9-6-7-10-24(23)21-25/h3-7,9-19,21H,8,20H2,1-2H3. The quantitative estimate of drug-likeness (QED) is 0.325. The maximum absolute atomic E-state index is 3.60. The third kappa shape index (κ3) is 3.00. The largest absolute Gasteiger partial charge is 0.662 e. The third-order valence-corrected chi connectivity index (χ3v) is 6.74. The van der Waals surface area contributed by atoms with Gasteiger partial charge in [0.15, 0.2) is 0 Å². The van der Waals surface area contributed by atoms with Gasteiger partial charge in [-0.2, -0.15) is 0 Å². The minimum atomic E-state index is -1.30. The normalized spacial score (nSPS) is 19.6. The van der Waals surface area contributed by atoms with E-state index in [1.54, 1.807) is 0 Å². The van der Waals surface area contributed by atoms with Crippen molar-refractivity contribution in [3.05, 3.63) is 114 Å². The van der Waals surface area contributed by atoms with Crippen molar-refractivity contribution in [2.24, 2.45) is 0 Å². The summed E-state index contributed by atoms with van der Waals surface area (Å²) >= 11 is 0.